The van der Waals surface area contributed by atoms with E-state index in [1.807, 2.05) is 6.07 Å². The molecule has 3 aliphatic rings. The molecule has 4 atom stereocenters. The van der Waals surface area contributed by atoms with Gasteiger partial charge in [0.25, 0.3) is 12.3 Å². The normalized spacial score (nSPS) is 27.1. The van der Waals surface area contributed by atoms with Crippen LogP contribution in [-0.4, -0.2) is 57.5 Å². The topological polar surface area (TPSA) is 95.2 Å². The van der Waals surface area contributed by atoms with Crippen LogP contribution < -0.4 is 10.7 Å². The molecule has 1 aliphatic carbocycles. The summed E-state index contributed by atoms with van der Waals surface area (Å²) in [4.78, 5) is 12.8. The van der Waals surface area contributed by atoms with Crippen LogP contribution in [0, 0.1) is 17.2 Å². The number of amides is 1. The zero-order valence-corrected chi connectivity index (χ0v) is 21.8. The lowest BCUT2D eigenvalue weighted by molar-refractivity contribution is -0.254. The summed E-state index contributed by atoms with van der Waals surface area (Å²) in [6.07, 6.45) is -8.23. The van der Waals surface area contributed by atoms with Crippen LogP contribution in [0.25, 0.3) is 16.9 Å². The number of benzene rings is 1. The molecule has 5 rings (SSSR count). The molecule has 0 saturated heterocycles. The summed E-state index contributed by atoms with van der Waals surface area (Å²) in [5, 5.41) is 16.6. The number of hydrazine groups is 1. The van der Waals surface area contributed by atoms with Crippen molar-refractivity contribution >= 4 is 11.7 Å². The van der Waals surface area contributed by atoms with Crippen molar-refractivity contribution in [2.45, 2.75) is 55.7 Å². The summed E-state index contributed by atoms with van der Waals surface area (Å²) in [6, 6.07) is 2.33. The minimum Gasteiger partial charge on any atom is -0.455 e. The second-order valence-electron chi connectivity index (χ2n) is 10.3. The highest BCUT2D eigenvalue weighted by Gasteiger charge is 2.67. The Kier molecular flexibility index (Phi) is 6.79. The first-order valence-corrected chi connectivity index (χ1v) is 12.5. The molecule has 0 spiro atoms. The Morgan fingerprint density at radius 3 is 2.48 bits per heavy atom. The van der Waals surface area contributed by atoms with Crippen molar-refractivity contribution in [1.29, 1.82) is 5.26 Å². The van der Waals surface area contributed by atoms with Gasteiger partial charge >= 0.3 is 12.4 Å². The molecule has 2 aromatic rings. The standard InChI is InChI=1S/C26H22F8N6O2/c1-13-3-6-18(27)42-19-20(24(13,28)26(32,33)34)38-39(2)22(19)40-11-15(10-36-40)14-4-5-17(25(29,30)31)16(9-14)21(41)37-23(12-35)7-8-23/h3-6,9-11,13,18,20,38H,7-8H2,1-2H3,(H,37,41). The fourth-order valence-corrected chi connectivity index (χ4v) is 4.94. The maximum Gasteiger partial charge on any atom is 0.425 e. The van der Waals surface area contributed by atoms with Crippen LogP contribution in [0.15, 0.2) is 48.5 Å². The summed E-state index contributed by atoms with van der Waals surface area (Å²) in [5.74, 6) is -3.99. The largest absolute Gasteiger partial charge is 0.455 e. The van der Waals surface area contributed by atoms with E-state index >= 15 is 4.39 Å². The van der Waals surface area contributed by atoms with Crippen molar-refractivity contribution in [3.8, 4) is 17.2 Å². The van der Waals surface area contributed by atoms with Crippen molar-refractivity contribution in [2.75, 3.05) is 7.05 Å². The molecule has 0 bridgehead atoms. The Bertz CT molecular complexity index is 1520. The van der Waals surface area contributed by atoms with Crippen LogP contribution in [-0.2, 0) is 10.9 Å². The number of hydrogen-bond acceptors (Lipinski definition) is 6. The van der Waals surface area contributed by atoms with E-state index < -0.39 is 64.7 Å². The van der Waals surface area contributed by atoms with E-state index in [4.69, 9.17) is 4.74 Å². The van der Waals surface area contributed by atoms with Gasteiger partial charge in [-0.05, 0) is 36.6 Å². The van der Waals surface area contributed by atoms with E-state index in [1.165, 1.54) is 13.2 Å². The van der Waals surface area contributed by atoms with Crippen molar-refractivity contribution in [3.05, 3.63) is 59.6 Å². The molecule has 4 unspecified atom stereocenters. The van der Waals surface area contributed by atoms with Crippen molar-refractivity contribution < 1.29 is 44.7 Å². The van der Waals surface area contributed by atoms with Gasteiger partial charge in [-0.1, -0.05) is 19.1 Å². The predicted octanol–water partition coefficient (Wildman–Crippen LogP) is 5.09. The number of allylic oxidation sites excluding steroid dienone is 1. The zero-order chi connectivity index (χ0) is 30.8. The molecule has 8 nitrogen and oxygen atoms in total. The molecule has 2 aliphatic heterocycles. The third-order valence-electron chi connectivity index (χ3n) is 7.45. The number of carbonyl (C=O) groups is 1. The Labute approximate surface area is 233 Å². The smallest absolute Gasteiger partial charge is 0.425 e. The molecule has 1 saturated carbocycles. The number of hydrogen-bond donors (Lipinski definition) is 2. The van der Waals surface area contributed by atoms with Crippen molar-refractivity contribution in [3.63, 3.8) is 0 Å². The summed E-state index contributed by atoms with van der Waals surface area (Å²) < 4.78 is 120. The lowest BCUT2D eigenvalue weighted by Gasteiger charge is -2.38. The summed E-state index contributed by atoms with van der Waals surface area (Å²) in [7, 11) is 1.23. The highest BCUT2D eigenvalue weighted by molar-refractivity contribution is 5.98. The SMILES string of the molecule is CC1C=CC(F)OC2=C(n3cc(-c4ccc(C(F)(F)F)c(C(=O)NC5(C#N)CC5)c4)cn3)N(C)NC2C1(F)C(F)(F)F. The number of rotatable bonds is 4. The molecular formula is C26H22F8N6O2. The first kappa shape index (κ1) is 29.4. The molecule has 1 aromatic carbocycles. The summed E-state index contributed by atoms with van der Waals surface area (Å²) >= 11 is 0. The highest BCUT2D eigenvalue weighted by Crippen LogP contribution is 2.49. The Morgan fingerprint density at radius 2 is 1.88 bits per heavy atom. The molecule has 1 amide bonds. The molecule has 42 heavy (non-hydrogen) atoms. The first-order chi connectivity index (χ1) is 19.5. The monoisotopic (exact) mass is 602 g/mol. The summed E-state index contributed by atoms with van der Waals surface area (Å²) in [6.45, 7) is 0.950. The Morgan fingerprint density at radius 1 is 1.19 bits per heavy atom. The van der Waals surface area contributed by atoms with Crippen LogP contribution >= 0.6 is 0 Å². The molecule has 1 fully saturated rings. The van der Waals surface area contributed by atoms with E-state index in [9.17, 15) is 40.8 Å². The van der Waals surface area contributed by atoms with Crippen LogP contribution in [0.1, 0.15) is 35.7 Å². The fraction of sp³-hybridized carbons (Fsp3) is 0.423. The number of nitrogens with one attached hydrogen (secondary N) is 2. The molecule has 1 aromatic heterocycles. The van der Waals surface area contributed by atoms with E-state index in [0.717, 1.165) is 41.0 Å². The lowest BCUT2D eigenvalue weighted by atomic mass is 9.81. The number of nitriles is 1. The van der Waals surface area contributed by atoms with Gasteiger partial charge in [-0.15, -0.1) is 0 Å². The van der Waals surface area contributed by atoms with Gasteiger partial charge in [0.2, 0.25) is 5.67 Å². The second kappa shape index (κ2) is 9.72. The van der Waals surface area contributed by atoms with Gasteiger partial charge in [0.15, 0.2) is 11.6 Å². The summed E-state index contributed by atoms with van der Waals surface area (Å²) in [5.41, 5.74) is -4.68. The number of ether oxygens (including phenoxy) is 1. The third-order valence-corrected chi connectivity index (χ3v) is 7.45. The van der Waals surface area contributed by atoms with Gasteiger partial charge < -0.3 is 10.1 Å². The number of fused-ring (bicyclic) bond motifs is 1. The zero-order valence-electron chi connectivity index (χ0n) is 21.8. The number of carbonyl (C=O) groups excluding carboxylic acids is 1. The van der Waals surface area contributed by atoms with Crippen LogP contribution in [0.3, 0.4) is 0 Å². The van der Waals surface area contributed by atoms with Gasteiger partial charge in [-0.2, -0.15) is 41.1 Å². The predicted molar refractivity (Wildman–Crippen MR) is 130 cm³/mol. The number of nitrogens with zero attached hydrogens (tertiary/aromatic N) is 4. The molecular weight excluding hydrogens is 580 g/mol. The maximum atomic E-state index is 15.8. The molecule has 16 heteroatoms. The van der Waals surface area contributed by atoms with Gasteiger partial charge in [0.05, 0.1) is 23.4 Å². The average Bonchev–Trinajstić information content (AvgIpc) is 3.37. The third kappa shape index (κ3) is 4.85. The maximum absolute atomic E-state index is 15.8. The number of aromatic nitrogens is 2. The molecule has 2 N–H and O–H groups in total. The fourth-order valence-electron chi connectivity index (χ4n) is 4.94. The van der Waals surface area contributed by atoms with Crippen LogP contribution in [0.2, 0.25) is 0 Å². The van der Waals surface area contributed by atoms with E-state index in [0.29, 0.717) is 12.1 Å². The quantitative estimate of drug-likeness (QED) is 0.374. The highest BCUT2D eigenvalue weighted by atomic mass is 19.4. The van der Waals surface area contributed by atoms with E-state index in [-0.39, 0.29) is 29.8 Å². The number of halogens is 8. The molecule has 224 valence electrons. The van der Waals surface area contributed by atoms with Crippen molar-refractivity contribution in [2.24, 2.45) is 5.92 Å². The van der Waals surface area contributed by atoms with Crippen LogP contribution in [0.4, 0.5) is 35.1 Å². The van der Waals surface area contributed by atoms with Gasteiger partial charge in [-0.3, -0.25) is 9.80 Å². The molecule has 0 radical (unpaired) electrons. The average molecular weight is 602 g/mol. The van der Waals surface area contributed by atoms with Crippen LogP contribution in [0.5, 0.6) is 0 Å². The Balaban J connectivity index is 1.57. The van der Waals surface area contributed by atoms with E-state index in [1.54, 1.807) is 0 Å². The Hall–Kier alpha value is -4.13. The number of alkyl halides is 8. The second-order valence-corrected chi connectivity index (χ2v) is 10.3. The molecule has 3 heterocycles. The minimum atomic E-state index is -5.40. The lowest BCUT2D eigenvalue weighted by Crippen LogP contribution is -2.61. The van der Waals surface area contributed by atoms with Gasteiger partial charge in [0.1, 0.15) is 11.6 Å². The first-order valence-electron chi connectivity index (χ1n) is 12.5. The van der Waals surface area contributed by atoms with E-state index in [2.05, 4.69) is 15.8 Å². The van der Waals surface area contributed by atoms with Gasteiger partial charge in [-0.25, -0.2) is 14.5 Å². The minimum absolute atomic E-state index is 0.0607. The van der Waals surface area contributed by atoms with Crippen molar-refractivity contribution in [1.82, 2.24) is 25.5 Å². The van der Waals surface area contributed by atoms with Gasteiger partial charge in [0, 0.05) is 24.7 Å².